The molecule has 10 heteroatoms. The second-order valence-electron chi connectivity index (χ2n) is 6.82. The Labute approximate surface area is 176 Å². The zero-order valence-corrected chi connectivity index (χ0v) is 16.7. The van der Waals surface area contributed by atoms with E-state index in [1.54, 1.807) is 41.3 Å². The molecule has 2 aromatic carbocycles. The molecule has 9 nitrogen and oxygen atoms in total. The third kappa shape index (κ3) is 4.04. The summed E-state index contributed by atoms with van der Waals surface area (Å²) in [7, 11) is 0. The molecule has 2 heterocycles. The number of nitrogens with zero attached hydrogens (tertiary/aromatic N) is 4. The van der Waals surface area contributed by atoms with Gasteiger partial charge in [0.05, 0.1) is 12.3 Å². The first-order chi connectivity index (χ1) is 15.0. The van der Waals surface area contributed by atoms with E-state index in [4.69, 9.17) is 4.74 Å². The molecule has 0 atom stereocenters. The predicted molar refractivity (Wildman–Crippen MR) is 112 cm³/mol. The molecular weight excluding hydrogens is 405 g/mol. The molecule has 160 valence electrons. The zero-order valence-electron chi connectivity index (χ0n) is 16.7. The number of amides is 1. The van der Waals surface area contributed by atoms with Gasteiger partial charge < -0.3 is 15.0 Å². The molecule has 1 aliphatic heterocycles. The Balaban J connectivity index is 1.61. The third-order valence-electron chi connectivity index (χ3n) is 4.80. The van der Waals surface area contributed by atoms with E-state index in [0.29, 0.717) is 30.3 Å². The Morgan fingerprint density at radius 3 is 2.58 bits per heavy atom. The largest absolute Gasteiger partial charge is 0.492 e. The van der Waals surface area contributed by atoms with Crippen LogP contribution in [0.25, 0.3) is 0 Å². The zero-order chi connectivity index (χ0) is 22.0. The number of carbonyl (C=O) groups excluding carboxylic acids is 1. The summed E-state index contributed by atoms with van der Waals surface area (Å²) in [6.45, 7) is 2.47. The second-order valence-corrected chi connectivity index (χ2v) is 6.82. The molecule has 0 unspecified atom stereocenters. The fourth-order valence-electron chi connectivity index (χ4n) is 3.38. The molecular formula is C21H20FN5O4. The number of rotatable bonds is 6. The van der Waals surface area contributed by atoms with E-state index in [2.05, 4.69) is 10.4 Å². The maximum absolute atomic E-state index is 13.3. The van der Waals surface area contributed by atoms with Gasteiger partial charge in [0, 0.05) is 18.8 Å². The summed E-state index contributed by atoms with van der Waals surface area (Å²) < 4.78 is 20.8. The highest BCUT2D eigenvalue weighted by molar-refractivity contribution is 5.92. The number of benzene rings is 2. The Kier molecular flexibility index (Phi) is 5.52. The van der Waals surface area contributed by atoms with E-state index >= 15 is 0 Å². The third-order valence-corrected chi connectivity index (χ3v) is 4.80. The van der Waals surface area contributed by atoms with Crippen LogP contribution in [0.4, 0.5) is 21.7 Å². The molecule has 4 rings (SSSR count). The van der Waals surface area contributed by atoms with Crippen LogP contribution in [0.1, 0.15) is 6.92 Å². The number of aromatic nitrogens is 3. The van der Waals surface area contributed by atoms with Crippen molar-refractivity contribution in [3.8, 4) is 5.75 Å². The van der Waals surface area contributed by atoms with Gasteiger partial charge >= 0.3 is 11.1 Å². The van der Waals surface area contributed by atoms with E-state index in [1.807, 2.05) is 6.92 Å². The van der Waals surface area contributed by atoms with Gasteiger partial charge in [-0.05, 0) is 43.3 Å². The van der Waals surface area contributed by atoms with Gasteiger partial charge in [-0.2, -0.15) is 0 Å². The van der Waals surface area contributed by atoms with Gasteiger partial charge in [0.15, 0.2) is 0 Å². The summed E-state index contributed by atoms with van der Waals surface area (Å²) in [4.78, 5) is 39.3. The van der Waals surface area contributed by atoms with Crippen LogP contribution in [0.15, 0.2) is 58.1 Å². The first kappa shape index (κ1) is 20.3. The van der Waals surface area contributed by atoms with E-state index < -0.39 is 23.6 Å². The predicted octanol–water partition coefficient (Wildman–Crippen LogP) is 1.73. The quantitative estimate of drug-likeness (QED) is 0.604. The van der Waals surface area contributed by atoms with Gasteiger partial charge in [0.25, 0.3) is 0 Å². The van der Waals surface area contributed by atoms with Crippen molar-refractivity contribution in [2.75, 3.05) is 23.4 Å². The van der Waals surface area contributed by atoms with Crippen molar-refractivity contribution in [2.45, 2.75) is 20.0 Å². The number of hydrogen-bond donors (Lipinski definition) is 1. The molecule has 0 saturated heterocycles. The van der Waals surface area contributed by atoms with Crippen LogP contribution in [0.5, 0.6) is 5.75 Å². The van der Waals surface area contributed by atoms with Crippen molar-refractivity contribution in [3.05, 3.63) is 75.1 Å². The van der Waals surface area contributed by atoms with E-state index in [1.165, 1.54) is 16.7 Å². The van der Waals surface area contributed by atoms with Gasteiger partial charge in [-0.3, -0.25) is 19.0 Å². The molecule has 1 aromatic heterocycles. The fraction of sp³-hybridized carbons (Fsp3) is 0.238. The van der Waals surface area contributed by atoms with E-state index in [9.17, 15) is 18.8 Å². The van der Waals surface area contributed by atoms with Gasteiger partial charge in [0.1, 0.15) is 18.1 Å². The molecule has 1 N–H and O–H groups in total. The Hall–Kier alpha value is -3.95. The smallest absolute Gasteiger partial charge is 0.333 e. The van der Waals surface area contributed by atoms with Gasteiger partial charge in [0.2, 0.25) is 11.9 Å². The molecule has 0 spiro atoms. The number of hydrogen-bond acceptors (Lipinski definition) is 6. The molecule has 1 amide bonds. The maximum atomic E-state index is 13.3. The van der Waals surface area contributed by atoms with Crippen LogP contribution in [-0.4, -0.2) is 33.4 Å². The molecule has 0 aliphatic carbocycles. The van der Waals surface area contributed by atoms with Gasteiger partial charge in [-0.1, -0.05) is 12.1 Å². The molecule has 0 saturated carbocycles. The van der Waals surface area contributed by atoms with Gasteiger partial charge in [-0.15, -0.1) is 5.10 Å². The Bertz CT molecular complexity index is 1240. The summed E-state index contributed by atoms with van der Waals surface area (Å²) >= 11 is 0. The number of anilines is 3. The Morgan fingerprint density at radius 2 is 1.84 bits per heavy atom. The van der Waals surface area contributed by atoms with Crippen molar-refractivity contribution in [2.24, 2.45) is 0 Å². The number of carbonyl (C=O) groups is 1. The van der Waals surface area contributed by atoms with Crippen molar-refractivity contribution >= 4 is 23.2 Å². The summed E-state index contributed by atoms with van der Waals surface area (Å²) in [6.07, 6.45) is 0. The highest BCUT2D eigenvalue weighted by Crippen LogP contribution is 2.26. The van der Waals surface area contributed by atoms with Crippen LogP contribution in [0.2, 0.25) is 0 Å². The lowest BCUT2D eigenvalue weighted by Crippen LogP contribution is -2.44. The molecule has 0 fully saturated rings. The molecule has 31 heavy (non-hydrogen) atoms. The molecule has 3 aromatic rings. The number of nitrogens with one attached hydrogen (secondary N) is 1. The topological polar surface area (TPSA) is 98.5 Å². The van der Waals surface area contributed by atoms with Crippen LogP contribution in [0, 0.1) is 5.82 Å². The standard InChI is InChI=1S/C21H20FN5O4/c1-2-31-17-6-4-3-5-16(17)23-18(28)13-27-20(30)19(29)26-12-11-25(21(26)24-27)15-9-7-14(22)8-10-15/h3-10H,2,11-13H2,1H3,(H,23,28). The molecule has 1 aliphatic rings. The summed E-state index contributed by atoms with van der Waals surface area (Å²) in [5, 5.41) is 6.92. The fourth-order valence-corrected chi connectivity index (χ4v) is 3.38. The lowest BCUT2D eigenvalue weighted by Gasteiger charge is -2.18. The number of ether oxygens (including phenoxy) is 1. The van der Waals surface area contributed by atoms with E-state index in [-0.39, 0.29) is 18.3 Å². The highest BCUT2D eigenvalue weighted by Gasteiger charge is 2.26. The minimum absolute atomic E-state index is 0.221. The highest BCUT2D eigenvalue weighted by atomic mass is 19.1. The number of fused-ring (bicyclic) bond motifs is 1. The van der Waals surface area contributed by atoms with Gasteiger partial charge in [-0.25, -0.2) is 9.07 Å². The lowest BCUT2D eigenvalue weighted by atomic mass is 10.3. The van der Waals surface area contributed by atoms with Crippen LogP contribution < -0.4 is 26.1 Å². The Morgan fingerprint density at radius 1 is 1.10 bits per heavy atom. The first-order valence-electron chi connectivity index (χ1n) is 9.74. The van der Waals surface area contributed by atoms with Crippen molar-refractivity contribution in [1.82, 2.24) is 14.3 Å². The monoisotopic (exact) mass is 425 g/mol. The minimum Gasteiger partial charge on any atom is -0.492 e. The lowest BCUT2D eigenvalue weighted by molar-refractivity contribution is -0.117. The van der Waals surface area contributed by atoms with Crippen LogP contribution >= 0.6 is 0 Å². The average Bonchev–Trinajstić information content (AvgIpc) is 3.18. The summed E-state index contributed by atoms with van der Waals surface area (Å²) in [5.41, 5.74) is -0.580. The maximum Gasteiger partial charge on any atom is 0.333 e. The van der Waals surface area contributed by atoms with Crippen molar-refractivity contribution in [1.29, 1.82) is 0 Å². The number of para-hydroxylation sites is 2. The normalized spacial score (nSPS) is 12.5. The minimum atomic E-state index is -0.891. The van der Waals surface area contributed by atoms with E-state index in [0.717, 1.165) is 4.68 Å². The SMILES string of the molecule is CCOc1ccccc1NC(=O)Cn1nc2n(c(=O)c1=O)CCN2c1ccc(F)cc1. The van der Waals surface area contributed by atoms with Crippen molar-refractivity contribution < 1.29 is 13.9 Å². The summed E-state index contributed by atoms with van der Waals surface area (Å²) in [6, 6.07) is 12.6. The summed E-state index contributed by atoms with van der Waals surface area (Å²) in [5.74, 6) is -0.200. The molecule has 0 radical (unpaired) electrons. The molecule has 0 bridgehead atoms. The number of halogens is 1. The van der Waals surface area contributed by atoms with Crippen LogP contribution in [-0.2, 0) is 17.9 Å². The van der Waals surface area contributed by atoms with Crippen molar-refractivity contribution in [3.63, 3.8) is 0 Å². The average molecular weight is 425 g/mol. The first-order valence-corrected chi connectivity index (χ1v) is 9.74. The van der Waals surface area contributed by atoms with Crippen LogP contribution in [0.3, 0.4) is 0 Å². The second kappa shape index (κ2) is 8.42.